The first-order chi connectivity index (χ1) is 8.13. The summed E-state index contributed by atoms with van der Waals surface area (Å²) in [5, 5.41) is 11.4. The lowest BCUT2D eigenvalue weighted by molar-refractivity contribution is -0.121. The zero-order valence-corrected chi connectivity index (χ0v) is 11.5. The minimum Gasteiger partial charge on any atom is -0.396 e. The number of carbonyl (C=O) groups excluding carboxylic acids is 1. The van der Waals surface area contributed by atoms with Crippen LogP contribution < -0.4 is 5.32 Å². The molecule has 1 amide bonds. The van der Waals surface area contributed by atoms with Gasteiger partial charge in [-0.2, -0.15) is 0 Å². The fraction of sp³-hybridized carbons (Fsp3) is 0.462. The second-order valence-electron chi connectivity index (χ2n) is 4.08. The van der Waals surface area contributed by atoms with Crippen LogP contribution in [-0.4, -0.2) is 24.2 Å². The highest BCUT2D eigenvalue weighted by molar-refractivity contribution is 9.10. The minimum absolute atomic E-state index is 0.0360. The van der Waals surface area contributed by atoms with Crippen molar-refractivity contribution in [1.82, 2.24) is 5.32 Å². The molecule has 0 aliphatic carbocycles. The molecule has 0 aliphatic heterocycles. The lowest BCUT2D eigenvalue weighted by Crippen LogP contribution is -2.26. The lowest BCUT2D eigenvalue weighted by atomic mass is 9.97. The van der Waals surface area contributed by atoms with Crippen molar-refractivity contribution in [2.75, 3.05) is 13.2 Å². The molecule has 0 radical (unpaired) electrons. The molecule has 0 aromatic heterocycles. The maximum atomic E-state index is 11.6. The van der Waals surface area contributed by atoms with Gasteiger partial charge in [0.2, 0.25) is 5.91 Å². The van der Waals surface area contributed by atoms with Gasteiger partial charge in [-0.3, -0.25) is 4.79 Å². The van der Waals surface area contributed by atoms with Crippen molar-refractivity contribution >= 4 is 21.8 Å². The monoisotopic (exact) mass is 299 g/mol. The average Bonchev–Trinajstić information content (AvgIpc) is 2.30. The largest absolute Gasteiger partial charge is 0.396 e. The third-order valence-corrected chi connectivity index (χ3v) is 3.12. The molecular weight excluding hydrogens is 282 g/mol. The molecule has 0 saturated heterocycles. The number of hydrogen-bond donors (Lipinski definition) is 2. The van der Waals surface area contributed by atoms with E-state index in [1.807, 2.05) is 31.2 Å². The highest BCUT2D eigenvalue weighted by Crippen LogP contribution is 2.20. The Morgan fingerprint density at radius 2 is 2.06 bits per heavy atom. The summed E-state index contributed by atoms with van der Waals surface area (Å²) in [4.78, 5) is 11.6. The van der Waals surface area contributed by atoms with Crippen LogP contribution in [0.5, 0.6) is 0 Å². The van der Waals surface area contributed by atoms with Crippen LogP contribution in [0.3, 0.4) is 0 Å². The van der Waals surface area contributed by atoms with Gasteiger partial charge in [0.1, 0.15) is 0 Å². The highest BCUT2D eigenvalue weighted by Gasteiger charge is 2.10. The van der Waals surface area contributed by atoms with Gasteiger partial charge >= 0.3 is 0 Å². The average molecular weight is 300 g/mol. The number of benzene rings is 1. The zero-order chi connectivity index (χ0) is 12.7. The Kier molecular flexibility index (Phi) is 6.22. The van der Waals surface area contributed by atoms with Gasteiger partial charge in [-0.25, -0.2) is 0 Å². The molecule has 0 spiro atoms. The molecule has 4 heteroatoms. The van der Waals surface area contributed by atoms with Crippen LogP contribution in [0.4, 0.5) is 0 Å². The summed E-state index contributed by atoms with van der Waals surface area (Å²) in [5.74, 6) is 0.242. The number of carbonyl (C=O) groups is 1. The minimum atomic E-state index is 0.0360. The summed E-state index contributed by atoms with van der Waals surface area (Å²) in [6.07, 6.45) is 1.09. The quantitative estimate of drug-likeness (QED) is 0.793. The molecule has 0 bridgehead atoms. The van der Waals surface area contributed by atoms with Crippen LogP contribution >= 0.6 is 15.9 Å². The third-order valence-electron chi connectivity index (χ3n) is 2.59. The van der Waals surface area contributed by atoms with Crippen LogP contribution in [0.2, 0.25) is 0 Å². The summed E-state index contributed by atoms with van der Waals surface area (Å²) in [7, 11) is 0. The maximum absolute atomic E-state index is 11.6. The van der Waals surface area contributed by atoms with Gasteiger partial charge in [0.25, 0.3) is 0 Å². The molecule has 17 heavy (non-hydrogen) atoms. The topological polar surface area (TPSA) is 49.3 Å². The number of nitrogens with one attached hydrogen (secondary N) is 1. The zero-order valence-electron chi connectivity index (χ0n) is 9.95. The van der Waals surface area contributed by atoms with Crippen molar-refractivity contribution in [2.45, 2.75) is 25.7 Å². The van der Waals surface area contributed by atoms with Crippen molar-refractivity contribution in [1.29, 1.82) is 0 Å². The van der Waals surface area contributed by atoms with Crippen molar-refractivity contribution in [3.63, 3.8) is 0 Å². The van der Waals surface area contributed by atoms with Crippen LogP contribution in [0, 0.1) is 0 Å². The van der Waals surface area contributed by atoms with Crippen molar-refractivity contribution in [2.24, 2.45) is 0 Å². The Morgan fingerprint density at radius 3 is 2.65 bits per heavy atom. The molecule has 0 heterocycles. The SMILES string of the molecule is CC(CC(=O)NCCCO)c1ccc(Br)cc1. The molecule has 1 aromatic carbocycles. The van der Waals surface area contributed by atoms with Gasteiger partial charge in [-0.05, 0) is 30.0 Å². The van der Waals surface area contributed by atoms with Gasteiger partial charge in [0, 0.05) is 24.0 Å². The molecule has 1 rings (SSSR count). The van der Waals surface area contributed by atoms with Crippen LogP contribution in [0.15, 0.2) is 28.7 Å². The molecule has 0 fully saturated rings. The van der Waals surface area contributed by atoms with E-state index in [9.17, 15) is 4.79 Å². The van der Waals surface area contributed by atoms with Gasteiger partial charge < -0.3 is 10.4 Å². The molecule has 2 N–H and O–H groups in total. The molecule has 94 valence electrons. The Balaban J connectivity index is 2.40. The first-order valence-electron chi connectivity index (χ1n) is 5.76. The fourth-order valence-electron chi connectivity index (χ4n) is 1.57. The fourth-order valence-corrected chi connectivity index (χ4v) is 1.83. The van der Waals surface area contributed by atoms with E-state index >= 15 is 0 Å². The number of aliphatic hydroxyl groups is 1. The second kappa shape index (κ2) is 7.45. The molecule has 1 aromatic rings. The van der Waals surface area contributed by atoms with Crippen LogP contribution in [0.25, 0.3) is 0 Å². The standard InChI is InChI=1S/C13H18BrNO2/c1-10(9-13(17)15-7-2-8-16)11-3-5-12(14)6-4-11/h3-6,10,16H,2,7-9H2,1H3,(H,15,17). The van der Waals surface area contributed by atoms with E-state index in [2.05, 4.69) is 21.2 Å². The smallest absolute Gasteiger partial charge is 0.220 e. The number of hydrogen-bond acceptors (Lipinski definition) is 2. The van der Waals surface area contributed by atoms with Crippen molar-refractivity contribution < 1.29 is 9.90 Å². The Hall–Kier alpha value is -0.870. The maximum Gasteiger partial charge on any atom is 0.220 e. The van der Waals surface area contributed by atoms with Crippen molar-refractivity contribution in [3.8, 4) is 0 Å². The molecule has 1 unspecified atom stereocenters. The summed E-state index contributed by atoms with van der Waals surface area (Å²) in [6, 6.07) is 8.01. The summed E-state index contributed by atoms with van der Waals surface area (Å²) >= 11 is 3.38. The highest BCUT2D eigenvalue weighted by atomic mass is 79.9. The number of aliphatic hydroxyl groups excluding tert-OH is 1. The van der Waals surface area contributed by atoms with Gasteiger partial charge in [0.15, 0.2) is 0 Å². The van der Waals surface area contributed by atoms with E-state index in [4.69, 9.17) is 5.11 Å². The molecule has 1 atom stereocenters. The van der Waals surface area contributed by atoms with Crippen molar-refractivity contribution in [3.05, 3.63) is 34.3 Å². The van der Waals surface area contributed by atoms with Gasteiger partial charge in [-0.1, -0.05) is 35.0 Å². The molecular formula is C13H18BrNO2. The Bertz CT molecular complexity index is 351. The van der Waals surface area contributed by atoms with E-state index in [0.717, 1.165) is 10.0 Å². The Morgan fingerprint density at radius 1 is 1.41 bits per heavy atom. The molecule has 0 saturated carbocycles. The molecule has 3 nitrogen and oxygen atoms in total. The summed E-state index contributed by atoms with van der Waals surface area (Å²) < 4.78 is 1.04. The van der Waals surface area contributed by atoms with E-state index in [0.29, 0.717) is 19.4 Å². The van der Waals surface area contributed by atoms with E-state index in [1.165, 1.54) is 0 Å². The van der Waals surface area contributed by atoms with Gasteiger partial charge in [0.05, 0.1) is 0 Å². The first-order valence-corrected chi connectivity index (χ1v) is 6.56. The predicted octanol–water partition coefficient (Wildman–Crippen LogP) is 2.44. The number of halogens is 1. The van der Waals surface area contributed by atoms with Crippen LogP contribution in [0.1, 0.15) is 31.2 Å². The molecule has 0 aliphatic rings. The summed E-state index contributed by atoms with van der Waals surface area (Å²) in [6.45, 7) is 2.69. The van der Waals surface area contributed by atoms with E-state index in [1.54, 1.807) is 0 Å². The lowest BCUT2D eigenvalue weighted by Gasteiger charge is -2.12. The van der Waals surface area contributed by atoms with E-state index < -0.39 is 0 Å². The van der Waals surface area contributed by atoms with Crippen LogP contribution in [-0.2, 0) is 4.79 Å². The predicted molar refractivity (Wildman–Crippen MR) is 71.9 cm³/mol. The van der Waals surface area contributed by atoms with E-state index in [-0.39, 0.29) is 18.4 Å². The second-order valence-corrected chi connectivity index (χ2v) is 5.00. The normalized spacial score (nSPS) is 12.2. The number of amides is 1. The Labute approximate surface area is 110 Å². The summed E-state index contributed by atoms with van der Waals surface area (Å²) in [5.41, 5.74) is 1.16. The third kappa shape index (κ3) is 5.33. The van der Waals surface area contributed by atoms with Gasteiger partial charge in [-0.15, -0.1) is 0 Å². The first kappa shape index (κ1) is 14.2. The number of rotatable bonds is 6.